The highest BCUT2D eigenvalue weighted by Gasteiger charge is 2.26. The van der Waals surface area contributed by atoms with Gasteiger partial charge in [0, 0.05) is 11.8 Å². The number of aliphatic hydroxyl groups excluding tert-OH is 1. The monoisotopic (exact) mass is 402 g/mol. The fraction of sp³-hybridized carbons (Fsp3) is 0.778. The van der Waals surface area contributed by atoms with Crippen molar-refractivity contribution in [1.29, 1.82) is 0 Å². The van der Waals surface area contributed by atoms with Crippen LogP contribution in [0.2, 0.25) is 0 Å². The molecule has 156 valence electrons. The average molecular weight is 403 g/mol. The molecule has 1 saturated carbocycles. The van der Waals surface area contributed by atoms with Gasteiger partial charge in [0.05, 0.1) is 30.7 Å². The average Bonchev–Trinajstić information content (AvgIpc) is 3.01. The molecule has 2 rings (SSSR count). The van der Waals surface area contributed by atoms with Crippen LogP contribution in [-0.4, -0.2) is 62.2 Å². The van der Waals surface area contributed by atoms with Crippen LogP contribution in [0.4, 0.5) is 11.5 Å². The fourth-order valence-electron chi connectivity index (χ4n) is 2.56. The van der Waals surface area contributed by atoms with Crippen LogP contribution in [0.5, 0.6) is 0 Å². The number of nitrogens with one attached hydrogen (secondary N) is 1. The molecule has 1 aliphatic carbocycles. The molecular weight excluding hydrogens is 368 g/mol. The van der Waals surface area contributed by atoms with Gasteiger partial charge >= 0.3 is 0 Å². The van der Waals surface area contributed by atoms with Gasteiger partial charge in [-0.1, -0.05) is 18.7 Å². The first-order valence-corrected chi connectivity index (χ1v) is 10.3. The Morgan fingerprint density at radius 1 is 1.30 bits per heavy atom. The van der Waals surface area contributed by atoms with Crippen molar-refractivity contribution in [2.24, 2.45) is 0 Å². The molecule has 1 aromatic rings. The highest BCUT2D eigenvalue weighted by atomic mass is 32.2. The van der Waals surface area contributed by atoms with Crippen LogP contribution in [-0.2, 0) is 4.74 Å². The molecule has 0 amide bonds. The van der Waals surface area contributed by atoms with Crippen LogP contribution in [0.1, 0.15) is 52.1 Å². The maximum atomic E-state index is 8.82. The van der Waals surface area contributed by atoms with Gasteiger partial charge < -0.3 is 31.1 Å². The summed E-state index contributed by atoms with van der Waals surface area (Å²) >= 11 is 1.66. The van der Waals surface area contributed by atoms with Gasteiger partial charge in [0.15, 0.2) is 16.8 Å². The molecule has 0 bridgehead atoms. The predicted molar refractivity (Wildman–Crippen MR) is 109 cm³/mol. The minimum absolute atomic E-state index is 0.0741. The minimum atomic E-state index is -1.50. The van der Waals surface area contributed by atoms with Gasteiger partial charge in [0.2, 0.25) is 0 Å². The lowest BCUT2D eigenvalue weighted by atomic mass is 10.2. The lowest BCUT2D eigenvalue weighted by molar-refractivity contribution is -0.127. The van der Waals surface area contributed by atoms with E-state index >= 15 is 0 Å². The SMILES string of the molecule is CC(C)(O)O.CCCSc1nc(C)c(N)c(NC2CCC(OCCO)C2)n1. The Kier molecular flexibility index (Phi) is 10.3. The molecule has 0 radical (unpaired) electrons. The van der Waals surface area contributed by atoms with Gasteiger partial charge in [0.1, 0.15) is 0 Å². The molecule has 1 heterocycles. The number of aryl methyl sites for hydroxylation is 1. The molecular formula is C18H34N4O4S. The van der Waals surface area contributed by atoms with Crippen molar-refractivity contribution < 1.29 is 20.1 Å². The van der Waals surface area contributed by atoms with Gasteiger partial charge in [-0.2, -0.15) is 0 Å². The van der Waals surface area contributed by atoms with E-state index in [1.807, 2.05) is 6.92 Å². The summed E-state index contributed by atoms with van der Waals surface area (Å²) in [5.74, 6) is 0.238. The van der Waals surface area contributed by atoms with E-state index in [2.05, 4.69) is 22.2 Å². The van der Waals surface area contributed by atoms with Crippen LogP contribution in [0.3, 0.4) is 0 Å². The smallest absolute Gasteiger partial charge is 0.189 e. The number of aromatic nitrogens is 2. The van der Waals surface area contributed by atoms with Crippen molar-refractivity contribution in [2.75, 3.05) is 30.0 Å². The van der Waals surface area contributed by atoms with Crippen molar-refractivity contribution in [2.45, 2.75) is 76.5 Å². The van der Waals surface area contributed by atoms with Gasteiger partial charge in [-0.15, -0.1) is 0 Å². The van der Waals surface area contributed by atoms with Crippen molar-refractivity contribution in [3.05, 3.63) is 5.69 Å². The normalized spacial score (nSPS) is 19.5. The number of nitrogens with zero attached hydrogens (tertiary/aromatic N) is 2. The van der Waals surface area contributed by atoms with E-state index in [1.165, 1.54) is 13.8 Å². The largest absolute Gasteiger partial charge is 0.394 e. The molecule has 1 aromatic heterocycles. The van der Waals surface area contributed by atoms with Gasteiger partial charge in [-0.25, -0.2) is 9.97 Å². The number of nitrogens with two attached hydrogens (primary N) is 1. The third-order valence-electron chi connectivity index (χ3n) is 3.72. The number of rotatable bonds is 8. The molecule has 0 aromatic carbocycles. The van der Waals surface area contributed by atoms with Crippen molar-refractivity contribution in [3.8, 4) is 0 Å². The van der Waals surface area contributed by atoms with E-state index < -0.39 is 5.79 Å². The van der Waals surface area contributed by atoms with E-state index in [9.17, 15) is 0 Å². The second kappa shape index (κ2) is 11.7. The molecule has 0 aliphatic heterocycles. The molecule has 6 N–H and O–H groups in total. The van der Waals surface area contributed by atoms with E-state index in [1.54, 1.807) is 11.8 Å². The molecule has 1 fully saturated rings. The third-order valence-corrected chi connectivity index (χ3v) is 4.77. The Morgan fingerprint density at radius 3 is 2.56 bits per heavy atom. The maximum absolute atomic E-state index is 8.82. The number of hydrogen-bond acceptors (Lipinski definition) is 9. The third kappa shape index (κ3) is 10.1. The molecule has 27 heavy (non-hydrogen) atoms. The second-order valence-electron chi connectivity index (χ2n) is 7.07. The first-order valence-electron chi connectivity index (χ1n) is 9.34. The molecule has 1 aliphatic rings. The highest BCUT2D eigenvalue weighted by Crippen LogP contribution is 2.29. The second-order valence-corrected chi connectivity index (χ2v) is 8.13. The Balaban J connectivity index is 0.000000646. The molecule has 0 saturated heterocycles. The highest BCUT2D eigenvalue weighted by molar-refractivity contribution is 7.99. The summed E-state index contributed by atoms with van der Waals surface area (Å²) in [4.78, 5) is 8.99. The summed E-state index contributed by atoms with van der Waals surface area (Å²) in [6, 6.07) is 0.310. The Bertz CT molecular complexity index is 563. The topological polar surface area (TPSA) is 134 Å². The van der Waals surface area contributed by atoms with Gasteiger partial charge in [0.25, 0.3) is 0 Å². The first-order chi connectivity index (χ1) is 12.6. The van der Waals surface area contributed by atoms with Crippen molar-refractivity contribution >= 4 is 23.3 Å². The zero-order chi connectivity index (χ0) is 20.4. The van der Waals surface area contributed by atoms with Crippen LogP contribution >= 0.6 is 11.8 Å². The van der Waals surface area contributed by atoms with Crippen LogP contribution in [0.15, 0.2) is 5.16 Å². The predicted octanol–water partition coefficient (Wildman–Crippen LogP) is 1.92. The summed E-state index contributed by atoms with van der Waals surface area (Å²) in [6.07, 6.45) is 4.24. The van der Waals surface area contributed by atoms with Crippen molar-refractivity contribution in [1.82, 2.24) is 9.97 Å². The number of anilines is 2. The molecule has 0 spiro atoms. The minimum Gasteiger partial charge on any atom is -0.394 e. The van der Waals surface area contributed by atoms with Crippen molar-refractivity contribution in [3.63, 3.8) is 0 Å². The lowest BCUT2D eigenvalue weighted by Gasteiger charge is -2.17. The van der Waals surface area contributed by atoms with Gasteiger partial charge in [-0.05, 0) is 46.5 Å². The number of ether oxygens (including phenoxy) is 1. The summed E-state index contributed by atoms with van der Waals surface area (Å²) < 4.78 is 5.59. The molecule has 2 atom stereocenters. The first kappa shape index (κ1) is 23.9. The van der Waals surface area contributed by atoms with E-state index in [0.29, 0.717) is 18.3 Å². The summed E-state index contributed by atoms with van der Waals surface area (Å²) in [5.41, 5.74) is 7.56. The lowest BCUT2D eigenvalue weighted by Crippen LogP contribution is -2.20. The summed E-state index contributed by atoms with van der Waals surface area (Å²) in [6.45, 7) is 7.13. The Hall–Kier alpha value is -1.13. The summed E-state index contributed by atoms with van der Waals surface area (Å²) in [7, 11) is 0. The van der Waals surface area contributed by atoms with E-state index in [4.69, 9.17) is 25.8 Å². The zero-order valence-electron chi connectivity index (χ0n) is 16.7. The maximum Gasteiger partial charge on any atom is 0.189 e. The van der Waals surface area contributed by atoms with Crippen LogP contribution < -0.4 is 11.1 Å². The number of aliphatic hydroxyl groups is 3. The molecule has 2 unspecified atom stereocenters. The van der Waals surface area contributed by atoms with Crippen LogP contribution in [0, 0.1) is 6.92 Å². The number of hydrogen-bond donors (Lipinski definition) is 5. The fourth-order valence-corrected chi connectivity index (χ4v) is 3.30. The zero-order valence-corrected chi connectivity index (χ0v) is 17.6. The standard InChI is InChI=1S/C15H26N4O2S.C3H8O2/c1-3-8-22-15-17-10(2)13(16)14(19-15)18-11-4-5-12(9-11)21-7-6-20;1-3(2,4)5/h11-12,20H,3-9,16H2,1-2H3,(H,17,18,19);4-5H,1-2H3. The van der Waals surface area contributed by atoms with Crippen LogP contribution in [0.25, 0.3) is 0 Å². The Morgan fingerprint density at radius 2 is 1.96 bits per heavy atom. The Labute approximate surface area is 165 Å². The van der Waals surface area contributed by atoms with E-state index in [0.717, 1.165) is 48.1 Å². The van der Waals surface area contributed by atoms with Gasteiger partial charge in [-0.3, -0.25) is 0 Å². The number of thioether (sulfide) groups is 1. The molecule has 8 nitrogen and oxygen atoms in total. The molecule has 9 heteroatoms. The van der Waals surface area contributed by atoms with E-state index in [-0.39, 0.29) is 12.7 Å². The quantitative estimate of drug-likeness (QED) is 0.251. The summed E-state index contributed by atoms with van der Waals surface area (Å²) in [5, 5.41) is 29.2. The number of nitrogen functional groups attached to an aromatic ring is 1.